The Bertz CT molecular complexity index is 1020. The molecule has 0 atom stereocenters. The quantitative estimate of drug-likeness (QED) is 0.453. The molecule has 0 aliphatic carbocycles. The average Bonchev–Trinajstić information content (AvgIpc) is 2.75. The van der Waals surface area contributed by atoms with Crippen LogP contribution in [0.1, 0.15) is 40.9 Å². The van der Waals surface area contributed by atoms with Crippen LogP contribution in [-0.2, 0) is 13.0 Å². The lowest BCUT2D eigenvalue weighted by Gasteiger charge is -2.16. The first kappa shape index (κ1) is 21.7. The van der Waals surface area contributed by atoms with E-state index in [1.165, 1.54) is 0 Å². The molecule has 5 heteroatoms. The lowest BCUT2D eigenvalue weighted by molar-refractivity contribution is 0.102. The van der Waals surface area contributed by atoms with Crippen LogP contribution in [0.5, 0.6) is 11.5 Å². The van der Waals surface area contributed by atoms with E-state index in [4.69, 9.17) is 21.1 Å². The summed E-state index contributed by atoms with van der Waals surface area (Å²) in [5.41, 5.74) is 4.37. The number of anilines is 1. The van der Waals surface area contributed by atoms with Crippen molar-refractivity contribution in [2.45, 2.75) is 33.8 Å². The van der Waals surface area contributed by atoms with Crippen molar-refractivity contribution in [3.05, 3.63) is 87.9 Å². The molecular formula is C25H26ClNO3. The number of aryl methyl sites for hydroxylation is 2. The molecular weight excluding hydrogens is 398 g/mol. The van der Waals surface area contributed by atoms with Crippen molar-refractivity contribution in [2.24, 2.45) is 0 Å². The lowest BCUT2D eigenvalue weighted by Crippen LogP contribution is -2.15. The van der Waals surface area contributed by atoms with E-state index in [2.05, 4.69) is 12.2 Å². The predicted octanol–water partition coefficient (Wildman–Crippen LogP) is 6.44. The third-order valence-corrected chi connectivity index (χ3v) is 5.06. The summed E-state index contributed by atoms with van der Waals surface area (Å²) in [5, 5.41) is 3.36. The molecule has 0 aromatic heterocycles. The zero-order valence-corrected chi connectivity index (χ0v) is 18.3. The minimum Gasteiger partial charge on any atom is -0.490 e. The summed E-state index contributed by atoms with van der Waals surface area (Å²) in [5.74, 6) is 0.645. The molecule has 0 spiro atoms. The van der Waals surface area contributed by atoms with Crippen molar-refractivity contribution in [2.75, 3.05) is 11.9 Å². The van der Waals surface area contributed by atoms with Gasteiger partial charge in [0.1, 0.15) is 6.61 Å². The minimum atomic E-state index is -0.239. The van der Waals surface area contributed by atoms with E-state index in [-0.39, 0.29) is 5.91 Å². The van der Waals surface area contributed by atoms with Gasteiger partial charge in [-0.1, -0.05) is 67.1 Å². The minimum absolute atomic E-state index is 0.239. The van der Waals surface area contributed by atoms with E-state index in [9.17, 15) is 4.79 Å². The van der Waals surface area contributed by atoms with Crippen LogP contribution in [0, 0.1) is 6.92 Å². The molecule has 0 fully saturated rings. The van der Waals surface area contributed by atoms with Crippen LogP contribution in [0.4, 0.5) is 5.69 Å². The van der Waals surface area contributed by atoms with Crippen molar-refractivity contribution >= 4 is 23.2 Å². The fraction of sp³-hybridized carbons (Fsp3) is 0.240. The molecule has 0 aliphatic rings. The molecule has 30 heavy (non-hydrogen) atoms. The largest absolute Gasteiger partial charge is 0.490 e. The topological polar surface area (TPSA) is 47.6 Å². The first-order valence-electron chi connectivity index (χ1n) is 10.1. The number of benzene rings is 3. The van der Waals surface area contributed by atoms with E-state index >= 15 is 0 Å². The number of hydrogen-bond donors (Lipinski definition) is 1. The number of nitrogens with one attached hydrogen (secondary N) is 1. The number of amides is 1. The second-order valence-corrected chi connectivity index (χ2v) is 7.32. The van der Waals surface area contributed by atoms with Gasteiger partial charge in [0.15, 0.2) is 11.5 Å². The fourth-order valence-electron chi connectivity index (χ4n) is 3.22. The van der Waals surface area contributed by atoms with E-state index < -0.39 is 0 Å². The molecule has 0 bridgehead atoms. The first-order valence-corrected chi connectivity index (χ1v) is 10.4. The Kier molecular flexibility index (Phi) is 7.36. The molecule has 4 nitrogen and oxygen atoms in total. The summed E-state index contributed by atoms with van der Waals surface area (Å²) in [6.45, 7) is 6.71. The van der Waals surface area contributed by atoms with E-state index in [1.807, 2.05) is 62.4 Å². The van der Waals surface area contributed by atoms with E-state index in [0.29, 0.717) is 35.3 Å². The van der Waals surface area contributed by atoms with E-state index in [0.717, 1.165) is 28.8 Å². The maximum atomic E-state index is 13.0. The summed E-state index contributed by atoms with van der Waals surface area (Å²) < 4.78 is 11.7. The van der Waals surface area contributed by atoms with Gasteiger partial charge in [-0.25, -0.2) is 0 Å². The van der Waals surface area contributed by atoms with Gasteiger partial charge in [0, 0.05) is 11.3 Å². The predicted molar refractivity (Wildman–Crippen MR) is 122 cm³/mol. The molecule has 1 amide bonds. The van der Waals surface area contributed by atoms with Crippen molar-refractivity contribution < 1.29 is 14.3 Å². The summed E-state index contributed by atoms with van der Waals surface area (Å²) in [6.07, 6.45) is 0.828. The number of ether oxygens (including phenoxy) is 2. The maximum absolute atomic E-state index is 13.0. The van der Waals surface area contributed by atoms with Gasteiger partial charge in [0.05, 0.1) is 11.6 Å². The van der Waals surface area contributed by atoms with Crippen LogP contribution < -0.4 is 14.8 Å². The van der Waals surface area contributed by atoms with Gasteiger partial charge < -0.3 is 14.8 Å². The third kappa shape index (κ3) is 5.14. The normalized spacial score (nSPS) is 10.5. The molecule has 3 aromatic carbocycles. The van der Waals surface area contributed by atoms with Crippen molar-refractivity contribution in [3.63, 3.8) is 0 Å². The molecule has 3 rings (SSSR count). The Labute approximate surface area is 182 Å². The number of hydrogen-bond acceptors (Lipinski definition) is 3. The van der Waals surface area contributed by atoms with Crippen molar-refractivity contribution in [1.29, 1.82) is 0 Å². The number of halogens is 1. The molecule has 3 aromatic rings. The Hall–Kier alpha value is -2.98. The van der Waals surface area contributed by atoms with Crippen LogP contribution in [0.15, 0.2) is 60.7 Å². The first-order chi connectivity index (χ1) is 14.5. The van der Waals surface area contributed by atoms with Gasteiger partial charge in [-0.3, -0.25) is 4.79 Å². The summed E-state index contributed by atoms with van der Waals surface area (Å²) >= 11 is 6.49. The zero-order chi connectivity index (χ0) is 21.5. The van der Waals surface area contributed by atoms with Crippen LogP contribution in [0.2, 0.25) is 5.02 Å². The third-order valence-electron chi connectivity index (χ3n) is 4.78. The Balaban J connectivity index is 1.86. The van der Waals surface area contributed by atoms with Gasteiger partial charge in [-0.05, 0) is 49.1 Å². The van der Waals surface area contributed by atoms with Gasteiger partial charge in [0.25, 0.3) is 5.91 Å². The van der Waals surface area contributed by atoms with Crippen LogP contribution in [0.25, 0.3) is 0 Å². The molecule has 0 aliphatic heterocycles. The van der Waals surface area contributed by atoms with Crippen LogP contribution >= 0.6 is 11.6 Å². The van der Waals surface area contributed by atoms with Gasteiger partial charge in [-0.15, -0.1) is 0 Å². The van der Waals surface area contributed by atoms with E-state index in [1.54, 1.807) is 12.1 Å². The monoisotopic (exact) mass is 423 g/mol. The highest BCUT2D eigenvalue weighted by atomic mass is 35.5. The van der Waals surface area contributed by atoms with Gasteiger partial charge in [-0.2, -0.15) is 0 Å². The van der Waals surface area contributed by atoms with Crippen LogP contribution in [-0.4, -0.2) is 12.5 Å². The van der Waals surface area contributed by atoms with Crippen molar-refractivity contribution in [3.8, 4) is 11.5 Å². The maximum Gasteiger partial charge on any atom is 0.255 e. The molecule has 0 heterocycles. The summed E-state index contributed by atoms with van der Waals surface area (Å²) in [4.78, 5) is 13.0. The number of carbonyl (C=O) groups excluding carboxylic acids is 1. The van der Waals surface area contributed by atoms with Gasteiger partial charge >= 0.3 is 0 Å². The smallest absolute Gasteiger partial charge is 0.255 e. The number of rotatable bonds is 8. The molecule has 0 saturated heterocycles. The highest BCUT2D eigenvalue weighted by molar-refractivity contribution is 6.32. The van der Waals surface area contributed by atoms with Crippen LogP contribution in [0.3, 0.4) is 0 Å². The SMILES string of the molecule is CCOc1cc(C(=O)Nc2c(C)cccc2CC)cc(Cl)c1OCc1ccccc1. The number of para-hydroxylation sites is 1. The number of carbonyl (C=O) groups is 1. The molecule has 156 valence electrons. The Morgan fingerprint density at radius 3 is 2.47 bits per heavy atom. The lowest BCUT2D eigenvalue weighted by atomic mass is 10.1. The second kappa shape index (κ2) is 10.2. The second-order valence-electron chi connectivity index (χ2n) is 6.91. The summed E-state index contributed by atoms with van der Waals surface area (Å²) in [7, 11) is 0. The highest BCUT2D eigenvalue weighted by Gasteiger charge is 2.18. The molecule has 1 N–H and O–H groups in total. The molecule has 0 unspecified atom stereocenters. The fourth-order valence-corrected chi connectivity index (χ4v) is 3.48. The zero-order valence-electron chi connectivity index (χ0n) is 17.5. The molecule has 0 radical (unpaired) electrons. The molecule has 0 saturated carbocycles. The van der Waals surface area contributed by atoms with Gasteiger partial charge in [0.2, 0.25) is 0 Å². The summed E-state index contributed by atoms with van der Waals surface area (Å²) in [6, 6.07) is 19.1. The Morgan fingerprint density at radius 1 is 1.00 bits per heavy atom. The van der Waals surface area contributed by atoms with Crippen molar-refractivity contribution in [1.82, 2.24) is 0 Å². The standard InChI is InChI=1S/C25H26ClNO3/c1-4-19-13-9-10-17(3)23(19)27-25(28)20-14-21(26)24(22(15-20)29-5-2)30-16-18-11-7-6-8-12-18/h6-15H,4-5,16H2,1-3H3,(H,27,28). The Morgan fingerprint density at radius 2 is 1.77 bits per heavy atom. The average molecular weight is 424 g/mol. The highest BCUT2D eigenvalue weighted by Crippen LogP contribution is 2.37.